The Balaban J connectivity index is 1.98. The molecule has 1 aliphatic carbocycles. The van der Waals surface area contributed by atoms with E-state index >= 15 is 0 Å². The zero-order chi connectivity index (χ0) is 14.8. The van der Waals surface area contributed by atoms with E-state index < -0.39 is 9.84 Å². The van der Waals surface area contributed by atoms with Gasteiger partial charge in [-0.3, -0.25) is 0 Å². The first-order valence-electron chi connectivity index (χ1n) is 6.52. The zero-order valence-corrected chi connectivity index (χ0v) is 12.7. The van der Waals surface area contributed by atoms with Gasteiger partial charge in [-0.15, -0.1) is 0 Å². The van der Waals surface area contributed by atoms with Crippen molar-refractivity contribution in [3.05, 3.63) is 18.3 Å². The first-order valence-corrected chi connectivity index (χ1v) is 8.42. The van der Waals surface area contributed by atoms with E-state index in [-0.39, 0.29) is 23.3 Å². The van der Waals surface area contributed by atoms with E-state index in [1.54, 1.807) is 13.2 Å². The lowest BCUT2D eigenvalue weighted by Crippen LogP contribution is -2.56. The van der Waals surface area contributed by atoms with Gasteiger partial charge < -0.3 is 14.8 Å². The van der Waals surface area contributed by atoms with Gasteiger partial charge in [0.25, 0.3) is 0 Å². The molecule has 0 aliphatic heterocycles. The number of aromatic nitrogens is 1. The Morgan fingerprint density at radius 2 is 2.20 bits per heavy atom. The van der Waals surface area contributed by atoms with Crippen LogP contribution in [0.1, 0.15) is 13.3 Å². The van der Waals surface area contributed by atoms with Crippen LogP contribution in [0.15, 0.2) is 23.4 Å². The summed E-state index contributed by atoms with van der Waals surface area (Å²) in [4.78, 5) is 3.95. The van der Waals surface area contributed by atoms with Gasteiger partial charge >= 0.3 is 0 Å². The molecule has 3 unspecified atom stereocenters. The summed E-state index contributed by atoms with van der Waals surface area (Å²) in [5, 5.41) is 3.36. The van der Waals surface area contributed by atoms with Gasteiger partial charge in [-0.25, -0.2) is 13.4 Å². The molecule has 0 spiro atoms. The quantitative estimate of drug-likeness (QED) is 0.847. The van der Waals surface area contributed by atoms with E-state index in [9.17, 15) is 8.42 Å². The van der Waals surface area contributed by atoms with Crippen molar-refractivity contribution in [3.8, 4) is 0 Å². The van der Waals surface area contributed by atoms with Crippen molar-refractivity contribution in [2.75, 3.05) is 25.3 Å². The summed E-state index contributed by atoms with van der Waals surface area (Å²) < 4.78 is 33.6. The second kappa shape index (κ2) is 6.07. The molecule has 1 N–H and O–H groups in total. The molecular formula is C13H20N2O4S. The summed E-state index contributed by atoms with van der Waals surface area (Å²) in [6.45, 7) is 2.63. The number of nitrogens with zero attached hydrogens (tertiary/aromatic N) is 1. The lowest BCUT2D eigenvalue weighted by atomic mass is 9.85. The van der Waals surface area contributed by atoms with Crippen molar-refractivity contribution in [2.24, 2.45) is 0 Å². The Kier molecular flexibility index (Phi) is 4.62. The normalized spacial score (nSPS) is 26.1. The van der Waals surface area contributed by atoms with Gasteiger partial charge in [0.2, 0.25) is 0 Å². The first-order chi connectivity index (χ1) is 9.45. The molecule has 112 valence electrons. The highest BCUT2D eigenvalue weighted by molar-refractivity contribution is 7.90. The molecule has 1 fully saturated rings. The molecule has 0 bridgehead atoms. The highest BCUT2D eigenvalue weighted by Gasteiger charge is 2.42. The van der Waals surface area contributed by atoms with Gasteiger partial charge in [0, 0.05) is 20.0 Å². The van der Waals surface area contributed by atoms with Gasteiger partial charge in [0.15, 0.2) is 14.9 Å². The van der Waals surface area contributed by atoms with Gasteiger partial charge in [0.05, 0.1) is 24.0 Å². The molecule has 2 rings (SSSR count). The molecule has 1 heterocycles. The second-order valence-corrected chi connectivity index (χ2v) is 6.80. The van der Waals surface area contributed by atoms with Gasteiger partial charge in [-0.1, -0.05) is 0 Å². The predicted molar refractivity (Wildman–Crippen MR) is 75.6 cm³/mol. The Hall–Kier alpha value is -1.18. The lowest BCUT2D eigenvalue weighted by molar-refractivity contribution is -0.118. The molecule has 7 heteroatoms. The Labute approximate surface area is 119 Å². The molecule has 20 heavy (non-hydrogen) atoms. The first kappa shape index (κ1) is 15.2. The number of pyridine rings is 1. The highest BCUT2D eigenvalue weighted by Crippen LogP contribution is 2.29. The van der Waals surface area contributed by atoms with Gasteiger partial charge in [-0.2, -0.15) is 0 Å². The number of anilines is 1. The molecule has 1 aromatic heterocycles. The maximum atomic E-state index is 11.3. The largest absolute Gasteiger partial charge is 0.378 e. The number of ether oxygens (including phenoxy) is 2. The van der Waals surface area contributed by atoms with Crippen molar-refractivity contribution >= 4 is 15.5 Å². The van der Waals surface area contributed by atoms with Crippen LogP contribution in [0.25, 0.3) is 0 Å². The van der Waals surface area contributed by atoms with Crippen LogP contribution < -0.4 is 5.32 Å². The van der Waals surface area contributed by atoms with Crippen LogP contribution in [-0.4, -0.2) is 51.6 Å². The molecule has 6 nitrogen and oxygen atoms in total. The fourth-order valence-electron chi connectivity index (χ4n) is 2.31. The van der Waals surface area contributed by atoms with Crippen molar-refractivity contribution in [1.82, 2.24) is 4.98 Å². The fraction of sp³-hybridized carbons (Fsp3) is 0.615. The van der Waals surface area contributed by atoms with Crippen molar-refractivity contribution in [2.45, 2.75) is 36.6 Å². The third-order valence-electron chi connectivity index (χ3n) is 3.37. The van der Waals surface area contributed by atoms with E-state index in [0.29, 0.717) is 6.61 Å². The zero-order valence-electron chi connectivity index (χ0n) is 11.9. The van der Waals surface area contributed by atoms with Gasteiger partial charge in [0.1, 0.15) is 6.10 Å². The lowest BCUT2D eigenvalue weighted by Gasteiger charge is -2.43. The highest BCUT2D eigenvalue weighted by atomic mass is 32.2. The standard InChI is InChI=1S/C13H20N2O4S/c1-4-19-11-7-10(13(11)18-2)15-9-5-6-12(14-8-9)20(3,16)17/h5-6,8,10-11,13,15H,4,7H2,1-3H3. The Morgan fingerprint density at radius 3 is 2.70 bits per heavy atom. The summed E-state index contributed by atoms with van der Waals surface area (Å²) in [6.07, 6.45) is 3.65. The molecule has 0 radical (unpaired) electrons. The summed E-state index contributed by atoms with van der Waals surface area (Å²) in [5.41, 5.74) is 0.777. The smallest absolute Gasteiger partial charge is 0.192 e. The van der Waals surface area contributed by atoms with Gasteiger partial charge in [-0.05, 0) is 25.5 Å². The summed E-state index contributed by atoms with van der Waals surface area (Å²) >= 11 is 0. The molecule has 1 aromatic rings. The molecule has 0 saturated heterocycles. The van der Waals surface area contributed by atoms with Crippen LogP contribution in [0, 0.1) is 0 Å². The van der Waals surface area contributed by atoms with Crippen molar-refractivity contribution in [3.63, 3.8) is 0 Å². The molecule has 3 atom stereocenters. The number of sulfone groups is 1. The number of methoxy groups -OCH3 is 1. The van der Waals surface area contributed by atoms with E-state index in [2.05, 4.69) is 10.3 Å². The number of nitrogens with one attached hydrogen (secondary N) is 1. The average Bonchev–Trinajstić information content (AvgIpc) is 2.37. The molecule has 0 aromatic carbocycles. The summed E-state index contributed by atoms with van der Waals surface area (Å²) in [7, 11) is -1.59. The van der Waals surface area contributed by atoms with Crippen LogP contribution in [0.4, 0.5) is 5.69 Å². The average molecular weight is 300 g/mol. The van der Waals surface area contributed by atoms with E-state index in [1.807, 2.05) is 6.92 Å². The molecule has 1 saturated carbocycles. The molecule has 0 amide bonds. The van der Waals surface area contributed by atoms with E-state index in [1.165, 1.54) is 12.3 Å². The minimum atomic E-state index is -3.25. The number of hydrogen-bond donors (Lipinski definition) is 1. The van der Waals surface area contributed by atoms with Crippen LogP contribution in [0.5, 0.6) is 0 Å². The maximum absolute atomic E-state index is 11.3. The van der Waals surface area contributed by atoms with E-state index in [0.717, 1.165) is 18.4 Å². The third kappa shape index (κ3) is 3.28. The molecular weight excluding hydrogens is 280 g/mol. The Morgan fingerprint density at radius 1 is 1.45 bits per heavy atom. The van der Waals surface area contributed by atoms with Crippen molar-refractivity contribution in [1.29, 1.82) is 0 Å². The minimum Gasteiger partial charge on any atom is -0.378 e. The number of hydrogen-bond acceptors (Lipinski definition) is 6. The topological polar surface area (TPSA) is 77.5 Å². The summed E-state index contributed by atoms with van der Waals surface area (Å²) in [5.74, 6) is 0. The van der Waals surface area contributed by atoms with Crippen molar-refractivity contribution < 1.29 is 17.9 Å². The van der Waals surface area contributed by atoms with Crippen LogP contribution in [0.3, 0.4) is 0 Å². The van der Waals surface area contributed by atoms with E-state index in [4.69, 9.17) is 9.47 Å². The SMILES string of the molecule is CCOC1CC(Nc2ccc(S(C)(=O)=O)nc2)C1OC. The van der Waals surface area contributed by atoms with Crippen LogP contribution in [0.2, 0.25) is 0 Å². The number of rotatable bonds is 6. The summed E-state index contributed by atoms with van der Waals surface area (Å²) in [6, 6.07) is 3.37. The third-order valence-corrected chi connectivity index (χ3v) is 4.37. The molecule has 1 aliphatic rings. The Bertz CT molecular complexity index is 544. The minimum absolute atomic E-state index is 0.00420. The fourth-order valence-corrected chi connectivity index (χ4v) is 2.87. The maximum Gasteiger partial charge on any atom is 0.192 e. The monoisotopic (exact) mass is 300 g/mol. The van der Waals surface area contributed by atoms with Crippen LogP contribution >= 0.6 is 0 Å². The predicted octanol–water partition coefficient (Wildman–Crippen LogP) is 1.09. The second-order valence-electron chi connectivity index (χ2n) is 4.84. The van der Waals surface area contributed by atoms with Crippen LogP contribution in [-0.2, 0) is 19.3 Å².